The van der Waals surface area contributed by atoms with Crippen molar-refractivity contribution in [1.29, 1.82) is 0 Å². The Labute approximate surface area is 378 Å². The summed E-state index contributed by atoms with van der Waals surface area (Å²) in [5, 5.41) is 30.5. The van der Waals surface area contributed by atoms with Gasteiger partial charge in [-0.05, 0) is 77.0 Å². The lowest BCUT2D eigenvalue weighted by atomic mass is 10.0. The van der Waals surface area contributed by atoms with E-state index in [0.717, 1.165) is 64.2 Å². The van der Waals surface area contributed by atoms with E-state index in [1.54, 1.807) is 6.08 Å². The molecule has 0 aromatic rings. The van der Waals surface area contributed by atoms with Crippen molar-refractivity contribution in [3.05, 3.63) is 48.6 Å². The van der Waals surface area contributed by atoms with Gasteiger partial charge in [0.15, 0.2) is 6.10 Å². The van der Waals surface area contributed by atoms with Gasteiger partial charge in [-0.3, -0.25) is 23.2 Å². The van der Waals surface area contributed by atoms with Crippen molar-refractivity contribution in [1.82, 2.24) is 0 Å². The van der Waals surface area contributed by atoms with Crippen molar-refractivity contribution in [3.63, 3.8) is 0 Å². The first-order chi connectivity index (χ1) is 30.2. The molecule has 0 amide bonds. The summed E-state index contributed by atoms with van der Waals surface area (Å²) < 4.78 is 47.7. The molecular weight excluding hydrogens is 854 g/mol. The number of ether oxygens (including phenoxy) is 2. The Balaban J connectivity index is 4.70. The summed E-state index contributed by atoms with van der Waals surface area (Å²) in [6.45, 7) is 1.41. The third-order valence-corrected chi connectivity index (χ3v) is 11.3. The molecule has 0 aliphatic rings. The maximum absolute atomic E-state index is 12.7. The summed E-state index contributed by atoms with van der Waals surface area (Å²) in [6, 6.07) is 0. The third-order valence-electron chi connectivity index (χ3n) is 9.88. The zero-order chi connectivity index (χ0) is 46.9. The Hall–Kier alpha value is -2.00. The van der Waals surface area contributed by atoms with Crippen LogP contribution in [-0.4, -0.2) is 92.8 Å². The van der Waals surface area contributed by atoms with Crippen molar-refractivity contribution in [3.8, 4) is 0 Å². The van der Waals surface area contributed by atoms with Gasteiger partial charge in [0.25, 0.3) is 0 Å². The largest absolute Gasteiger partial charge is 0.472 e. The summed E-state index contributed by atoms with van der Waals surface area (Å²) in [4.78, 5) is 52.8. The van der Waals surface area contributed by atoms with Crippen LogP contribution < -0.4 is 0 Å². The fourth-order valence-corrected chi connectivity index (χ4v) is 7.31. The minimum atomic E-state index is -4.90. The van der Waals surface area contributed by atoms with Crippen LogP contribution in [-0.2, 0) is 41.8 Å². The lowest BCUT2D eigenvalue weighted by Gasteiger charge is -2.20. The first-order valence-corrected chi connectivity index (χ1v) is 26.5. The molecule has 0 aromatic heterocycles. The first kappa shape index (κ1) is 61.0. The van der Waals surface area contributed by atoms with Crippen LogP contribution in [0.15, 0.2) is 48.6 Å². The fourth-order valence-electron chi connectivity index (χ4n) is 6.15. The van der Waals surface area contributed by atoms with Gasteiger partial charge in [-0.1, -0.05) is 140 Å². The molecule has 0 saturated heterocycles. The maximum atomic E-state index is 12.7. The number of aliphatic hydroxyl groups excluding tert-OH is 3. The van der Waals surface area contributed by atoms with Gasteiger partial charge in [0.05, 0.1) is 32.0 Å². The van der Waals surface area contributed by atoms with Crippen LogP contribution in [0.1, 0.15) is 181 Å². The molecule has 0 saturated carbocycles. The number of phosphoric acid groups is 2. The summed E-state index contributed by atoms with van der Waals surface area (Å²) in [6.07, 6.45) is 35.5. The molecule has 0 rings (SSSR count). The van der Waals surface area contributed by atoms with Crippen LogP contribution >= 0.6 is 15.6 Å². The highest BCUT2D eigenvalue weighted by Crippen LogP contribution is 2.43. The van der Waals surface area contributed by atoms with E-state index in [-0.39, 0.29) is 32.1 Å². The molecule has 0 aromatic carbocycles. The number of hydrogen-bond acceptors (Lipinski definition) is 12. The molecule has 0 aliphatic carbocycles. The van der Waals surface area contributed by atoms with Gasteiger partial charge in [-0.15, -0.1) is 0 Å². The molecule has 368 valence electrons. The van der Waals surface area contributed by atoms with Crippen LogP contribution in [0.5, 0.6) is 0 Å². The van der Waals surface area contributed by atoms with E-state index in [1.807, 2.05) is 12.2 Å². The van der Waals surface area contributed by atoms with E-state index >= 15 is 0 Å². The second-order valence-corrected chi connectivity index (χ2v) is 18.7. The van der Waals surface area contributed by atoms with Gasteiger partial charge in [0.1, 0.15) is 12.7 Å². The van der Waals surface area contributed by atoms with E-state index in [9.17, 15) is 38.9 Å². The van der Waals surface area contributed by atoms with Gasteiger partial charge < -0.3 is 39.5 Å². The summed E-state index contributed by atoms with van der Waals surface area (Å²) in [5.41, 5.74) is 0. The first-order valence-electron chi connectivity index (χ1n) is 23.5. The fraction of sp³-hybridized carbons (Fsp3) is 0.783. The van der Waals surface area contributed by atoms with E-state index in [2.05, 4.69) is 53.3 Å². The summed E-state index contributed by atoms with van der Waals surface area (Å²) in [7, 11) is -9.78. The number of rotatable bonds is 44. The molecule has 0 fully saturated rings. The highest BCUT2D eigenvalue weighted by molar-refractivity contribution is 7.47. The second-order valence-electron chi connectivity index (χ2n) is 16.0. The van der Waals surface area contributed by atoms with Gasteiger partial charge in [-0.2, -0.15) is 0 Å². The minimum absolute atomic E-state index is 0.0653. The third kappa shape index (κ3) is 43.7. The molecule has 0 heterocycles. The zero-order valence-corrected chi connectivity index (χ0v) is 40.2. The predicted octanol–water partition coefficient (Wildman–Crippen LogP) is 10.2. The van der Waals surface area contributed by atoms with Crippen LogP contribution in [0.25, 0.3) is 0 Å². The molecule has 15 nitrogen and oxygen atoms in total. The van der Waals surface area contributed by atoms with Crippen LogP contribution in [0, 0.1) is 0 Å². The van der Waals surface area contributed by atoms with Gasteiger partial charge in [-0.25, -0.2) is 9.13 Å². The van der Waals surface area contributed by atoms with Crippen molar-refractivity contribution in [2.24, 2.45) is 0 Å². The summed E-state index contributed by atoms with van der Waals surface area (Å²) >= 11 is 0. The number of phosphoric ester groups is 2. The van der Waals surface area contributed by atoms with Crippen molar-refractivity contribution < 1.29 is 71.8 Å². The average molecular weight is 939 g/mol. The van der Waals surface area contributed by atoms with Crippen molar-refractivity contribution in [2.75, 3.05) is 26.4 Å². The second kappa shape index (κ2) is 41.4. The monoisotopic (exact) mass is 939 g/mol. The predicted molar refractivity (Wildman–Crippen MR) is 247 cm³/mol. The van der Waals surface area contributed by atoms with Gasteiger partial charge >= 0.3 is 27.6 Å². The SMILES string of the molecule is CCCCC/C=C\C/C=C\C/C=C\CC(O)C(O)CCCC(=O)OC[C@H](COP(=O)(O)OC[C@@H](O)COP(=O)(O)O)OC(=O)CCCCCCCCC/C=C\CCCCCCCC. The Morgan fingerprint density at radius 3 is 1.57 bits per heavy atom. The standard InChI is InChI=1S/C46H84O15P2/c1-3-5-7-9-11-13-15-17-18-19-20-21-23-25-27-29-31-35-46(51)61-42(40-60-63(55,56)59-38-41(47)37-58-62(52,53)54)39-57-45(50)36-32-34-44(49)43(48)33-30-28-26-24-22-16-14-12-10-8-6-4-2/h12,14,17-18,22,24,28,30,41-44,47-49H,3-11,13,15-16,19-21,23,25-27,29,31-40H2,1-2H3,(H,55,56)(H2,52,53,54)/b14-12-,18-17-,24-22-,30-28-/t41-,42+,43?,44?/m0/s1. The highest BCUT2D eigenvalue weighted by Gasteiger charge is 2.28. The normalized spacial score (nSPS) is 15.4. The topological polar surface area (TPSA) is 236 Å². The molecule has 0 spiro atoms. The Bertz CT molecular complexity index is 1330. The Kier molecular flexibility index (Phi) is 40.1. The van der Waals surface area contributed by atoms with Crippen LogP contribution in [0.2, 0.25) is 0 Å². The van der Waals surface area contributed by atoms with E-state index < -0.39 is 78.4 Å². The number of hydrogen-bond donors (Lipinski definition) is 6. The Morgan fingerprint density at radius 1 is 0.508 bits per heavy atom. The van der Waals surface area contributed by atoms with Gasteiger partial charge in [0, 0.05) is 12.8 Å². The van der Waals surface area contributed by atoms with Crippen LogP contribution in [0.3, 0.4) is 0 Å². The molecule has 3 unspecified atom stereocenters. The molecule has 5 atom stereocenters. The number of carbonyl (C=O) groups is 2. The van der Waals surface area contributed by atoms with Crippen molar-refractivity contribution >= 4 is 27.6 Å². The Morgan fingerprint density at radius 2 is 0.968 bits per heavy atom. The molecular formula is C46H84O15P2. The summed E-state index contributed by atoms with van der Waals surface area (Å²) in [5.74, 6) is -1.32. The average Bonchev–Trinajstić information content (AvgIpc) is 3.24. The lowest BCUT2D eigenvalue weighted by molar-refractivity contribution is -0.161. The number of unbranched alkanes of at least 4 members (excludes halogenated alkanes) is 16. The van der Waals surface area contributed by atoms with E-state index in [4.69, 9.17) is 23.8 Å². The van der Waals surface area contributed by atoms with E-state index in [1.165, 1.54) is 57.8 Å². The highest BCUT2D eigenvalue weighted by atomic mass is 31.2. The molecule has 6 N–H and O–H groups in total. The number of allylic oxidation sites excluding steroid dienone is 7. The number of esters is 2. The van der Waals surface area contributed by atoms with Crippen LogP contribution in [0.4, 0.5) is 0 Å². The quantitative estimate of drug-likeness (QED) is 0.0144. The minimum Gasteiger partial charge on any atom is -0.462 e. The number of aliphatic hydroxyl groups is 3. The van der Waals surface area contributed by atoms with Gasteiger partial charge in [0.2, 0.25) is 0 Å². The lowest BCUT2D eigenvalue weighted by Crippen LogP contribution is -2.30. The van der Waals surface area contributed by atoms with Crippen molar-refractivity contribution in [2.45, 2.75) is 205 Å². The molecule has 0 radical (unpaired) electrons. The maximum Gasteiger partial charge on any atom is 0.472 e. The molecule has 63 heavy (non-hydrogen) atoms. The molecule has 17 heteroatoms. The van der Waals surface area contributed by atoms with E-state index in [0.29, 0.717) is 12.8 Å². The molecule has 0 aliphatic heterocycles. The molecule has 0 bridgehead atoms. The zero-order valence-electron chi connectivity index (χ0n) is 38.4. The smallest absolute Gasteiger partial charge is 0.462 e. The number of carbonyl (C=O) groups excluding carboxylic acids is 2.